The van der Waals surface area contributed by atoms with Crippen molar-refractivity contribution < 1.29 is 13.7 Å². The molecule has 7 nitrogen and oxygen atoms in total. The second-order valence-corrected chi connectivity index (χ2v) is 4.36. The van der Waals surface area contributed by atoms with Gasteiger partial charge in [-0.1, -0.05) is 0 Å². The number of nitro benzene ring substituents is 1. The first kappa shape index (κ1) is 15.0. The molecule has 0 aliphatic rings. The molecule has 0 spiro atoms. The zero-order chi connectivity index (χ0) is 15.2. The summed E-state index contributed by atoms with van der Waals surface area (Å²) in [5, 5.41) is 20.0. The third-order valence-corrected chi connectivity index (χ3v) is 2.86. The van der Waals surface area contributed by atoms with Crippen molar-refractivity contribution in [3.63, 3.8) is 0 Å². The molecule has 9 heteroatoms. The van der Waals surface area contributed by atoms with Gasteiger partial charge in [0.1, 0.15) is 18.0 Å². The lowest BCUT2D eigenvalue weighted by atomic mass is 10.1. The average molecular weight is 297 g/mol. The zero-order valence-corrected chi connectivity index (χ0v) is 11.0. The molecule has 0 aliphatic heterocycles. The van der Waals surface area contributed by atoms with Crippen molar-refractivity contribution in [3.8, 4) is 0 Å². The molecule has 1 heterocycles. The first-order valence-electron chi connectivity index (χ1n) is 6.25. The Morgan fingerprint density at radius 1 is 1.33 bits per heavy atom. The van der Waals surface area contributed by atoms with Gasteiger partial charge < -0.3 is 5.32 Å². The molecule has 0 saturated carbocycles. The second-order valence-electron chi connectivity index (χ2n) is 4.36. The Labute approximate surface area is 118 Å². The molecule has 0 radical (unpaired) electrons. The summed E-state index contributed by atoms with van der Waals surface area (Å²) in [5.41, 5.74) is -0.669. The maximum Gasteiger partial charge on any atom is 0.305 e. The minimum atomic E-state index is -1.17. The molecular formula is C12H13F2N5O2. The number of hydrogen-bond acceptors (Lipinski definition) is 5. The van der Waals surface area contributed by atoms with E-state index in [-0.39, 0.29) is 12.1 Å². The highest BCUT2D eigenvalue weighted by Crippen LogP contribution is 2.21. The highest BCUT2D eigenvalue weighted by molar-refractivity contribution is 5.37. The summed E-state index contributed by atoms with van der Waals surface area (Å²) >= 11 is 0. The van der Waals surface area contributed by atoms with E-state index in [4.69, 9.17) is 0 Å². The predicted molar refractivity (Wildman–Crippen MR) is 69.4 cm³/mol. The number of aromatic amines is 1. The van der Waals surface area contributed by atoms with Crippen molar-refractivity contribution in [1.82, 2.24) is 20.5 Å². The van der Waals surface area contributed by atoms with Gasteiger partial charge in [-0.3, -0.25) is 15.2 Å². The molecule has 0 fully saturated rings. The Morgan fingerprint density at radius 2 is 2.14 bits per heavy atom. The summed E-state index contributed by atoms with van der Waals surface area (Å²) in [5.74, 6) is -1.23. The van der Waals surface area contributed by atoms with E-state index >= 15 is 0 Å². The summed E-state index contributed by atoms with van der Waals surface area (Å²) in [6, 6.07) is 1.44. The van der Waals surface area contributed by atoms with Gasteiger partial charge in [-0.15, -0.1) is 0 Å². The molecule has 112 valence electrons. The van der Waals surface area contributed by atoms with Crippen LogP contribution in [0.4, 0.5) is 14.5 Å². The van der Waals surface area contributed by atoms with Gasteiger partial charge in [-0.2, -0.15) is 9.49 Å². The average Bonchev–Trinajstić information content (AvgIpc) is 2.93. The van der Waals surface area contributed by atoms with Crippen molar-refractivity contribution in [1.29, 1.82) is 0 Å². The fourth-order valence-electron chi connectivity index (χ4n) is 1.81. The highest BCUT2D eigenvalue weighted by atomic mass is 19.1. The first-order valence-corrected chi connectivity index (χ1v) is 6.25. The lowest BCUT2D eigenvalue weighted by molar-refractivity contribution is -0.387. The third kappa shape index (κ3) is 4.02. The Kier molecular flexibility index (Phi) is 4.88. The van der Waals surface area contributed by atoms with Crippen LogP contribution in [0.25, 0.3) is 0 Å². The van der Waals surface area contributed by atoms with Crippen molar-refractivity contribution >= 4 is 5.69 Å². The van der Waals surface area contributed by atoms with Crippen LogP contribution in [0.15, 0.2) is 18.5 Å². The van der Waals surface area contributed by atoms with Gasteiger partial charge >= 0.3 is 5.69 Å². The lowest BCUT2D eigenvalue weighted by Gasteiger charge is -2.06. The van der Waals surface area contributed by atoms with Crippen molar-refractivity contribution in [2.24, 2.45) is 0 Å². The van der Waals surface area contributed by atoms with Crippen LogP contribution in [0.3, 0.4) is 0 Å². The van der Waals surface area contributed by atoms with E-state index in [1.807, 2.05) is 0 Å². The molecule has 0 bridgehead atoms. The molecule has 0 atom stereocenters. The molecule has 2 aromatic rings. The fourth-order valence-corrected chi connectivity index (χ4v) is 1.81. The summed E-state index contributed by atoms with van der Waals surface area (Å²) < 4.78 is 26.7. The lowest BCUT2D eigenvalue weighted by Crippen LogP contribution is -2.17. The van der Waals surface area contributed by atoms with Crippen LogP contribution in [-0.4, -0.2) is 26.6 Å². The predicted octanol–water partition coefficient (Wildman–Crippen LogP) is 1.71. The van der Waals surface area contributed by atoms with E-state index in [2.05, 4.69) is 20.5 Å². The minimum Gasteiger partial charge on any atom is -0.313 e. The number of nitro groups is 1. The van der Waals surface area contributed by atoms with Crippen LogP contribution in [0.1, 0.15) is 17.8 Å². The minimum absolute atomic E-state index is 0.0581. The van der Waals surface area contributed by atoms with Gasteiger partial charge in [0.15, 0.2) is 0 Å². The van der Waals surface area contributed by atoms with Crippen LogP contribution in [0.5, 0.6) is 0 Å². The number of benzene rings is 1. The Balaban J connectivity index is 1.85. The number of halogens is 2. The maximum absolute atomic E-state index is 13.5. The SMILES string of the molecule is O=[N+]([O-])c1cc(CNCCCc2ncn[nH]2)c(F)cc1F. The molecule has 0 saturated heterocycles. The molecule has 1 aromatic heterocycles. The molecule has 1 aromatic carbocycles. The van der Waals surface area contributed by atoms with Gasteiger partial charge in [0, 0.05) is 30.7 Å². The van der Waals surface area contributed by atoms with Gasteiger partial charge in [-0.05, 0) is 13.0 Å². The van der Waals surface area contributed by atoms with Gasteiger partial charge in [0.25, 0.3) is 0 Å². The quantitative estimate of drug-likeness (QED) is 0.461. The number of H-pyrrole nitrogens is 1. The van der Waals surface area contributed by atoms with Gasteiger partial charge in [0.2, 0.25) is 5.82 Å². The molecule has 0 amide bonds. The third-order valence-electron chi connectivity index (χ3n) is 2.86. The number of aryl methyl sites for hydroxylation is 1. The maximum atomic E-state index is 13.5. The van der Waals surface area contributed by atoms with Crippen molar-refractivity contribution in [2.75, 3.05) is 6.54 Å². The van der Waals surface area contributed by atoms with Crippen molar-refractivity contribution in [2.45, 2.75) is 19.4 Å². The van der Waals surface area contributed by atoms with Crippen LogP contribution in [0, 0.1) is 21.7 Å². The van der Waals surface area contributed by atoms with Gasteiger partial charge in [0.05, 0.1) is 4.92 Å². The summed E-state index contributed by atoms with van der Waals surface area (Å²) in [7, 11) is 0. The normalized spacial score (nSPS) is 10.8. The molecular weight excluding hydrogens is 284 g/mol. The Morgan fingerprint density at radius 3 is 2.81 bits per heavy atom. The summed E-state index contributed by atoms with van der Waals surface area (Å²) in [4.78, 5) is 13.7. The number of nitrogens with one attached hydrogen (secondary N) is 2. The zero-order valence-electron chi connectivity index (χ0n) is 11.0. The topological polar surface area (TPSA) is 96.7 Å². The first-order chi connectivity index (χ1) is 10.1. The molecule has 2 rings (SSSR count). The fraction of sp³-hybridized carbons (Fsp3) is 0.333. The van der Waals surface area contributed by atoms with Gasteiger partial charge in [-0.25, -0.2) is 9.37 Å². The van der Waals surface area contributed by atoms with Crippen LogP contribution < -0.4 is 5.32 Å². The standard InChI is InChI=1S/C12H13F2N5O2/c13-9-5-10(14)11(19(20)21)4-8(9)6-15-3-1-2-12-16-7-17-18-12/h4-5,7,15H,1-3,6H2,(H,16,17,18). The second kappa shape index (κ2) is 6.84. The largest absolute Gasteiger partial charge is 0.313 e. The smallest absolute Gasteiger partial charge is 0.305 e. The van der Waals surface area contributed by atoms with Crippen LogP contribution in [-0.2, 0) is 13.0 Å². The monoisotopic (exact) mass is 297 g/mol. The Bertz CT molecular complexity index is 618. The molecule has 0 unspecified atom stereocenters. The number of aromatic nitrogens is 3. The van der Waals surface area contributed by atoms with Crippen molar-refractivity contribution in [3.05, 3.63) is 51.6 Å². The summed E-state index contributed by atoms with van der Waals surface area (Å²) in [6.45, 7) is 0.647. The molecule has 2 N–H and O–H groups in total. The van der Waals surface area contributed by atoms with E-state index in [1.54, 1.807) is 0 Å². The number of nitrogens with zero attached hydrogens (tertiary/aromatic N) is 3. The molecule has 0 aliphatic carbocycles. The van der Waals surface area contributed by atoms with E-state index < -0.39 is 22.2 Å². The number of hydrogen-bond donors (Lipinski definition) is 2. The van der Waals surface area contributed by atoms with E-state index in [0.717, 1.165) is 18.3 Å². The number of rotatable bonds is 7. The van der Waals surface area contributed by atoms with E-state index in [1.165, 1.54) is 6.33 Å². The van der Waals surface area contributed by atoms with Crippen LogP contribution >= 0.6 is 0 Å². The molecule has 21 heavy (non-hydrogen) atoms. The van der Waals surface area contributed by atoms with E-state index in [9.17, 15) is 18.9 Å². The van der Waals surface area contributed by atoms with Crippen LogP contribution in [0.2, 0.25) is 0 Å². The van der Waals surface area contributed by atoms with E-state index in [0.29, 0.717) is 19.0 Å². The highest BCUT2D eigenvalue weighted by Gasteiger charge is 2.18. The Hall–Kier alpha value is -2.42. The summed E-state index contributed by atoms with van der Waals surface area (Å²) in [6.07, 6.45) is 2.83.